The lowest BCUT2D eigenvalue weighted by atomic mass is 9.90. The zero-order chi connectivity index (χ0) is 13.2. The Labute approximate surface area is 103 Å². The van der Waals surface area contributed by atoms with E-state index in [2.05, 4.69) is 0 Å². The van der Waals surface area contributed by atoms with Crippen molar-refractivity contribution < 1.29 is 17.6 Å². The second kappa shape index (κ2) is 5.12. The monoisotopic (exact) mass is 258 g/mol. The van der Waals surface area contributed by atoms with Crippen LogP contribution < -0.4 is 0 Å². The van der Waals surface area contributed by atoms with Crippen LogP contribution in [0.25, 0.3) is 5.57 Å². The molecule has 0 radical (unpaired) electrons. The smallest absolute Gasteiger partial charge is 0.201 e. The maximum Gasteiger partial charge on any atom is 0.443 e. The van der Waals surface area contributed by atoms with Gasteiger partial charge in [0.1, 0.15) is 0 Å². The highest BCUT2D eigenvalue weighted by molar-refractivity contribution is 5.70. The van der Waals surface area contributed by atoms with Crippen molar-refractivity contribution in [3.8, 4) is 0 Å². The minimum Gasteiger partial charge on any atom is -0.201 e. The fourth-order valence-corrected chi connectivity index (χ4v) is 2.53. The summed E-state index contributed by atoms with van der Waals surface area (Å²) < 4.78 is 51.5. The first-order valence-corrected chi connectivity index (χ1v) is 6.02. The molecule has 0 bridgehead atoms. The topological polar surface area (TPSA) is 0 Å². The van der Waals surface area contributed by atoms with E-state index in [-0.39, 0.29) is 11.5 Å². The Morgan fingerprint density at radius 1 is 1.00 bits per heavy atom. The first-order valence-electron chi connectivity index (χ1n) is 6.02. The van der Waals surface area contributed by atoms with Gasteiger partial charge in [-0.05, 0) is 24.3 Å². The Morgan fingerprint density at radius 2 is 1.56 bits per heavy atom. The van der Waals surface area contributed by atoms with Crippen LogP contribution in [0, 0.1) is 5.92 Å². The summed E-state index contributed by atoms with van der Waals surface area (Å²) in [7, 11) is 0. The fraction of sp³-hybridized carbons (Fsp3) is 0.429. The van der Waals surface area contributed by atoms with E-state index in [4.69, 9.17) is 0 Å². The molecule has 0 N–H and O–H groups in total. The zero-order valence-electron chi connectivity index (χ0n) is 9.80. The van der Waals surface area contributed by atoms with Crippen LogP contribution in [-0.2, 0) is 0 Å². The molecule has 0 aliphatic heterocycles. The van der Waals surface area contributed by atoms with Crippen molar-refractivity contribution in [1.29, 1.82) is 0 Å². The van der Waals surface area contributed by atoms with Crippen LogP contribution in [0.3, 0.4) is 0 Å². The summed E-state index contributed by atoms with van der Waals surface area (Å²) in [5.41, 5.74) is 0.180. The molecule has 1 fully saturated rings. The number of hydrogen-bond donors (Lipinski definition) is 0. The molecule has 0 atom stereocenters. The molecule has 0 nitrogen and oxygen atoms in total. The lowest BCUT2D eigenvalue weighted by molar-refractivity contribution is -0.108. The van der Waals surface area contributed by atoms with Gasteiger partial charge in [-0.15, -0.1) is 0 Å². The summed E-state index contributed by atoms with van der Waals surface area (Å²) in [5.74, 6) is -2.24. The van der Waals surface area contributed by atoms with Gasteiger partial charge in [0.15, 0.2) is 0 Å². The van der Waals surface area contributed by atoms with E-state index in [0.717, 1.165) is 12.8 Å². The summed E-state index contributed by atoms with van der Waals surface area (Å²) in [6, 6.07) is 8.06. The van der Waals surface area contributed by atoms with Gasteiger partial charge in [-0.25, -0.2) is 4.39 Å². The molecule has 0 saturated heterocycles. The lowest BCUT2D eigenvalue weighted by Gasteiger charge is -2.18. The van der Waals surface area contributed by atoms with Crippen LogP contribution in [-0.4, -0.2) is 6.18 Å². The normalized spacial score (nSPS) is 18.9. The van der Waals surface area contributed by atoms with E-state index >= 15 is 0 Å². The van der Waals surface area contributed by atoms with Crippen molar-refractivity contribution in [2.45, 2.75) is 31.9 Å². The molecule has 0 unspecified atom stereocenters. The van der Waals surface area contributed by atoms with Gasteiger partial charge in [0.25, 0.3) is 0 Å². The first kappa shape index (κ1) is 13.1. The van der Waals surface area contributed by atoms with Gasteiger partial charge in [-0.1, -0.05) is 43.2 Å². The number of hydrogen-bond acceptors (Lipinski definition) is 0. The number of alkyl halides is 3. The van der Waals surface area contributed by atoms with E-state index in [1.165, 1.54) is 0 Å². The third-order valence-corrected chi connectivity index (χ3v) is 3.33. The lowest BCUT2D eigenvalue weighted by Crippen LogP contribution is -2.13. The van der Waals surface area contributed by atoms with Gasteiger partial charge in [-0.2, -0.15) is 13.2 Å². The Bertz CT molecular complexity index is 425. The second-order valence-corrected chi connectivity index (χ2v) is 4.57. The van der Waals surface area contributed by atoms with Crippen molar-refractivity contribution >= 4 is 5.57 Å². The summed E-state index contributed by atoms with van der Waals surface area (Å²) in [4.78, 5) is 0. The highest BCUT2D eigenvalue weighted by Crippen LogP contribution is 2.43. The molecular formula is C14H14F4. The maximum absolute atomic E-state index is 13.7. The van der Waals surface area contributed by atoms with Gasteiger partial charge in [-0.3, -0.25) is 0 Å². The highest BCUT2D eigenvalue weighted by atomic mass is 19.4. The van der Waals surface area contributed by atoms with Gasteiger partial charge >= 0.3 is 6.18 Å². The second-order valence-electron chi connectivity index (χ2n) is 4.57. The number of rotatable bonds is 2. The predicted octanol–water partition coefficient (Wildman–Crippen LogP) is 5.12. The van der Waals surface area contributed by atoms with Gasteiger partial charge < -0.3 is 0 Å². The minimum absolute atomic E-state index is 0.166. The molecule has 1 aliphatic carbocycles. The molecule has 1 aromatic carbocycles. The molecule has 0 spiro atoms. The third kappa shape index (κ3) is 2.74. The van der Waals surface area contributed by atoms with Crippen molar-refractivity contribution in [3.63, 3.8) is 0 Å². The van der Waals surface area contributed by atoms with Crippen LogP contribution >= 0.6 is 0 Å². The Hall–Kier alpha value is -1.32. The van der Waals surface area contributed by atoms with E-state index in [1.54, 1.807) is 30.3 Å². The molecule has 0 amide bonds. The molecule has 1 aromatic rings. The number of benzene rings is 1. The largest absolute Gasteiger partial charge is 0.443 e. The quantitative estimate of drug-likeness (QED) is 0.646. The molecule has 4 heteroatoms. The fourth-order valence-electron chi connectivity index (χ4n) is 2.53. The average Bonchev–Trinajstić information content (AvgIpc) is 2.83. The minimum atomic E-state index is -4.90. The molecule has 2 rings (SSSR count). The molecule has 0 aromatic heterocycles. The Kier molecular flexibility index (Phi) is 3.73. The van der Waals surface area contributed by atoms with E-state index in [0.29, 0.717) is 18.4 Å². The average molecular weight is 258 g/mol. The van der Waals surface area contributed by atoms with Crippen molar-refractivity contribution in [3.05, 3.63) is 41.7 Å². The van der Waals surface area contributed by atoms with Gasteiger partial charge in [0.2, 0.25) is 5.83 Å². The molecule has 1 aliphatic rings. The molecule has 0 heterocycles. The van der Waals surface area contributed by atoms with Crippen LogP contribution in [0.5, 0.6) is 0 Å². The Balaban J connectivity index is 2.47. The van der Waals surface area contributed by atoms with E-state index in [9.17, 15) is 17.6 Å². The molecule has 18 heavy (non-hydrogen) atoms. The van der Waals surface area contributed by atoms with Crippen LogP contribution in [0.2, 0.25) is 0 Å². The highest BCUT2D eigenvalue weighted by Gasteiger charge is 2.39. The van der Waals surface area contributed by atoms with Gasteiger partial charge in [0.05, 0.1) is 0 Å². The van der Waals surface area contributed by atoms with Crippen LogP contribution in [0.15, 0.2) is 36.2 Å². The van der Waals surface area contributed by atoms with Crippen LogP contribution in [0.1, 0.15) is 31.2 Å². The first-order chi connectivity index (χ1) is 8.50. The number of halogens is 4. The van der Waals surface area contributed by atoms with Crippen molar-refractivity contribution in [1.82, 2.24) is 0 Å². The third-order valence-electron chi connectivity index (χ3n) is 3.33. The summed E-state index contributed by atoms with van der Waals surface area (Å²) in [6.45, 7) is 0. The molecular weight excluding hydrogens is 244 g/mol. The predicted molar refractivity (Wildman–Crippen MR) is 62.5 cm³/mol. The summed E-state index contributed by atoms with van der Waals surface area (Å²) in [5, 5.41) is 0. The van der Waals surface area contributed by atoms with Crippen LogP contribution in [0.4, 0.5) is 17.6 Å². The maximum atomic E-state index is 13.7. The summed E-state index contributed by atoms with van der Waals surface area (Å²) >= 11 is 0. The van der Waals surface area contributed by atoms with Gasteiger partial charge in [0, 0.05) is 5.57 Å². The Morgan fingerprint density at radius 3 is 2.06 bits per heavy atom. The van der Waals surface area contributed by atoms with Crippen molar-refractivity contribution in [2.75, 3.05) is 0 Å². The SMILES string of the molecule is FC(=C(c1ccccc1)C1CCCC1)C(F)(F)F. The van der Waals surface area contributed by atoms with Crippen molar-refractivity contribution in [2.24, 2.45) is 5.92 Å². The zero-order valence-corrected chi connectivity index (χ0v) is 9.80. The van der Waals surface area contributed by atoms with E-state index < -0.39 is 12.0 Å². The summed E-state index contributed by atoms with van der Waals surface area (Å²) in [6.07, 6.45) is -1.90. The molecule has 98 valence electrons. The standard InChI is InChI=1S/C14H14F4/c15-13(14(16,17)18)12(11-8-4-5-9-11)10-6-2-1-3-7-10/h1-3,6-7,11H,4-5,8-9H2. The molecule has 1 saturated carbocycles. The number of allylic oxidation sites excluding steroid dienone is 2. The van der Waals surface area contributed by atoms with E-state index in [1.807, 2.05) is 0 Å².